The number of hydrogen-bond donors (Lipinski definition) is 3. The fourth-order valence-corrected chi connectivity index (χ4v) is 5.08. The second-order valence-electron chi connectivity index (χ2n) is 7.62. The second-order valence-corrected chi connectivity index (χ2v) is 8.89. The Kier molecular flexibility index (Phi) is 14.7. The highest BCUT2D eigenvalue weighted by atomic mass is 32.2. The lowest BCUT2D eigenvalue weighted by Gasteiger charge is -2.16. The minimum absolute atomic E-state index is 0.0431. The first-order valence-corrected chi connectivity index (χ1v) is 12.5. The molecule has 2 aliphatic heterocycles. The van der Waals surface area contributed by atoms with E-state index in [1.165, 1.54) is 0 Å². The van der Waals surface area contributed by atoms with Gasteiger partial charge in [-0.3, -0.25) is 4.79 Å². The third-order valence-electron chi connectivity index (χ3n) is 5.16. The molecule has 3 amide bonds. The van der Waals surface area contributed by atoms with Gasteiger partial charge in [-0.05, 0) is 18.4 Å². The third kappa shape index (κ3) is 12.3. The van der Waals surface area contributed by atoms with Crippen molar-refractivity contribution in [3.05, 3.63) is 10.4 Å². The number of rotatable bonds is 20. The van der Waals surface area contributed by atoms with E-state index < -0.39 is 0 Å². The standard InChI is InChI=1S/C20H36N6O6S/c21-26-23-6-8-30-10-12-32-14-13-31-11-9-29-7-5-22-18(27)4-2-1-3-17-19-16(15-33-17)24-20(28)25-19/h16-17,19H,1-15H2,(H,22,27)(H2,24,25,28). The lowest BCUT2D eigenvalue weighted by molar-refractivity contribution is -0.121. The molecule has 188 valence electrons. The second kappa shape index (κ2) is 17.7. The van der Waals surface area contributed by atoms with Crippen molar-refractivity contribution in [2.45, 2.75) is 43.0 Å². The van der Waals surface area contributed by atoms with Crippen molar-refractivity contribution in [2.24, 2.45) is 5.11 Å². The van der Waals surface area contributed by atoms with Gasteiger partial charge in [-0.15, -0.1) is 0 Å². The predicted molar refractivity (Wildman–Crippen MR) is 124 cm³/mol. The number of nitrogens with zero attached hydrogens (tertiary/aromatic N) is 3. The number of unbranched alkanes of at least 4 members (excludes halogenated alkanes) is 1. The molecule has 2 saturated heterocycles. The summed E-state index contributed by atoms with van der Waals surface area (Å²) in [5.74, 6) is 1.01. The first kappa shape index (κ1) is 27.5. The van der Waals surface area contributed by atoms with E-state index in [0.717, 1.165) is 25.0 Å². The first-order valence-electron chi connectivity index (χ1n) is 11.5. The number of carbonyl (C=O) groups excluding carboxylic acids is 2. The van der Waals surface area contributed by atoms with Crippen molar-refractivity contribution < 1.29 is 28.5 Å². The molecular formula is C20H36N6O6S. The van der Waals surface area contributed by atoms with Crippen LogP contribution in [0.1, 0.15) is 25.7 Å². The highest BCUT2D eigenvalue weighted by Crippen LogP contribution is 2.33. The molecule has 0 saturated carbocycles. The summed E-state index contributed by atoms with van der Waals surface area (Å²) in [5, 5.41) is 12.6. The average Bonchev–Trinajstić information content (AvgIpc) is 3.35. The van der Waals surface area contributed by atoms with E-state index in [1.54, 1.807) is 0 Å². The van der Waals surface area contributed by atoms with Crippen LogP contribution in [-0.4, -0.2) is 101 Å². The van der Waals surface area contributed by atoms with Crippen LogP contribution in [-0.2, 0) is 23.7 Å². The maximum Gasteiger partial charge on any atom is 0.315 e. The molecule has 13 heteroatoms. The van der Waals surface area contributed by atoms with Crippen molar-refractivity contribution in [1.29, 1.82) is 0 Å². The van der Waals surface area contributed by atoms with E-state index in [4.69, 9.17) is 24.5 Å². The Hall–Kier alpha value is -1.76. The summed E-state index contributed by atoms with van der Waals surface area (Å²) in [6, 6.07) is 0.422. The maximum atomic E-state index is 11.9. The van der Waals surface area contributed by atoms with Gasteiger partial charge in [0.2, 0.25) is 5.91 Å². The zero-order chi connectivity index (χ0) is 23.6. The van der Waals surface area contributed by atoms with Crippen LogP contribution in [0.2, 0.25) is 0 Å². The molecule has 0 bridgehead atoms. The number of amides is 3. The molecule has 0 aliphatic carbocycles. The summed E-state index contributed by atoms with van der Waals surface area (Å²) in [7, 11) is 0. The number of carbonyl (C=O) groups is 2. The van der Waals surface area contributed by atoms with E-state index in [-0.39, 0.29) is 24.0 Å². The van der Waals surface area contributed by atoms with Crippen molar-refractivity contribution in [1.82, 2.24) is 16.0 Å². The average molecular weight is 489 g/mol. The Morgan fingerprint density at radius 2 is 1.70 bits per heavy atom. The molecule has 33 heavy (non-hydrogen) atoms. The number of fused-ring (bicyclic) bond motifs is 1. The molecule has 0 spiro atoms. The molecule has 2 fully saturated rings. The molecule has 3 N–H and O–H groups in total. The largest absolute Gasteiger partial charge is 0.379 e. The Bertz CT molecular complexity index is 624. The molecular weight excluding hydrogens is 452 g/mol. The van der Waals surface area contributed by atoms with Crippen LogP contribution < -0.4 is 16.0 Å². The number of azide groups is 1. The molecule has 0 aromatic rings. The first-order chi connectivity index (χ1) is 16.2. The summed E-state index contributed by atoms with van der Waals surface area (Å²) in [4.78, 5) is 25.9. The quantitative estimate of drug-likeness (QED) is 0.0764. The van der Waals surface area contributed by atoms with Gasteiger partial charge in [-0.2, -0.15) is 11.8 Å². The lowest BCUT2D eigenvalue weighted by Crippen LogP contribution is -2.36. The van der Waals surface area contributed by atoms with Gasteiger partial charge < -0.3 is 34.9 Å². The molecule has 0 aromatic carbocycles. The van der Waals surface area contributed by atoms with Gasteiger partial charge in [-0.25, -0.2) is 4.79 Å². The van der Waals surface area contributed by atoms with Crippen LogP contribution >= 0.6 is 11.8 Å². The molecule has 3 unspecified atom stereocenters. The van der Waals surface area contributed by atoms with Crippen LogP contribution in [0, 0.1) is 0 Å². The van der Waals surface area contributed by atoms with Gasteiger partial charge >= 0.3 is 6.03 Å². The molecule has 2 aliphatic rings. The van der Waals surface area contributed by atoms with E-state index in [2.05, 4.69) is 26.0 Å². The Morgan fingerprint density at radius 1 is 1.03 bits per heavy atom. The van der Waals surface area contributed by atoms with Crippen LogP contribution in [0.3, 0.4) is 0 Å². The summed E-state index contributed by atoms with van der Waals surface area (Å²) < 4.78 is 21.4. The smallest absolute Gasteiger partial charge is 0.315 e. The predicted octanol–water partition coefficient (Wildman–Crippen LogP) is 1.21. The van der Waals surface area contributed by atoms with Gasteiger partial charge in [0.15, 0.2) is 0 Å². The summed E-state index contributed by atoms with van der Waals surface area (Å²) in [5.41, 5.74) is 8.11. The Morgan fingerprint density at radius 3 is 2.39 bits per heavy atom. The van der Waals surface area contributed by atoms with Gasteiger partial charge in [-0.1, -0.05) is 11.5 Å². The van der Waals surface area contributed by atoms with Crippen molar-refractivity contribution in [2.75, 3.05) is 71.7 Å². The van der Waals surface area contributed by atoms with Gasteiger partial charge in [0, 0.05) is 35.4 Å². The normalized spacial score (nSPS) is 21.2. The number of thioether (sulfide) groups is 1. The fourth-order valence-electron chi connectivity index (χ4n) is 3.54. The molecule has 2 rings (SSSR count). The highest BCUT2D eigenvalue weighted by molar-refractivity contribution is 8.00. The van der Waals surface area contributed by atoms with Crippen molar-refractivity contribution in [3.8, 4) is 0 Å². The summed E-state index contributed by atoms with van der Waals surface area (Å²) in [6.45, 7) is 4.45. The Balaban J connectivity index is 1.28. The number of urea groups is 1. The van der Waals surface area contributed by atoms with E-state index in [0.29, 0.717) is 77.6 Å². The topological polar surface area (TPSA) is 156 Å². The van der Waals surface area contributed by atoms with Crippen LogP contribution in [0.5, 0.6) is 0 Å². The van der Waals surface area contributed by atoms with E-state index in [1.807, 2.05) is 11.8 Å². The summed E-state index contributed by atoms with van der Waals surface area (Å²) >= 11 is 1.90. The molecule has 0 radical (unpaired) electrons. The van der Waals surface area contributed by atoms with E-state index in [9.17, 15) is 9.59 Å². The third-order valence-corrected chi connectivity index (χ3v) is 6.67. The monoisotopic (exact) mass is 488 g/mol. The lowest BCUT2D eigenvalue weighted by atomic mass is 10.0. The van der Waals surface area contributed by atoms with Crippen molar-refractivity contribution in [3.63, 3.8) is 0 Å². The molecule has 12 nitrogen and oxygen atoms in total. The van der Waals surface area contributed by atoms with Gasteiger partial charge in [0.1, 0.15) is 0 Å². The number of ether oxygens (including phenoxy) is 4. The van der Waals surface area contributed by atoms with Crippen LogP contribution in [0.25, 0.3) is 10.4 Å². The molecule has 3 atom stereocenters. The van der Waals surface area contributed by atoms with E-state index >= 15 is 0 Å². The minimum Gasteiger partial charge on any atom is -0.379 e. The van der Waals surface area contributed by atoms with Crippen molar-refractivity contribution >= 4 is 23.7 Å². The number of hydrogen-bond acceptors (Lipinski definition) is 8. The summed E-state index contributed by atoms with van der Waals surface area (Å²) in [6.07, 6.45) is 3.35. The Labute approximate surface area is 198 Å². The zero-order valence-electron chi connectivity index (χ0n) is 19.0. The van der Waals surface area contributed by atoms with Crippen LogP contribution in [0.15, 0.2) is 5.11 Å². The maximum absolute atomic E-state index is 11.9. The molecule has 2 heterocycles. The molecule has 0 aromatic heterocycles. The minimum atomic E-state index is -0.0594. The van der Waals surface area contributed by atoms with Crippen LogP contribution in [0.4, 0.5) is 4.79 Å². The zero-order valence-corrected chi connectivity index (χ0v) is 19.9. The van der Waals surface area contributed by atoms with Gasteiger partial charge in [0.05, 0.1) is 64.9 Å². The number of nitrogens with one attached hydrogen (secondary N) is 3. The highest BCUT2D eigenvalue weighted by Gasteiger charge is 2.42. The fraction of sp³-hybridized carbons (Fsp3) is 0.900. The SMILES string of the molecule is [N-]=[N+]=NCCOCCOCCOCCOCCNC(=O)CCCCC1SCC2NC(=O)NC21. The van der Waals surface area contributed by atoms with Gasteiger partial charge in [0.25, 0.3) is 0 Å².